The molecule has 144 valence electrons. The standard InChI is InChI=1S/C19H27NO5S/c1-3-13-25-15-16-8-11-20(12-9-16)19(21)10-14-26(22,23)18-6-4-17(24-2)5-7-18/h3-7,16H,1,8-15H2,2H3. The highest BCUT2D eigenvalue weighted by atomic mass is 32.2. The van der Waals surface area contributed by atoms with Gasteiger partial charge < -0.3 is 14.4 Å². The van der Waals surface area contributed by atoms with Gasteiger partial charge in [0.25, 0.3) is 0 Å². The molecule has 1 fully saturated rings. The quantitative estimate of drug-likeness (QED) is 0.485. The van der Waals surface area contributed by atoms with Gasteiger partial charge in [-0.2, -0.15) is 0 Å². The first-order chi connectivity index (χ1) is 12.5. The molecule has 1 aliphatic rings. The molecule has 0 saturated carbocycles. The van der Waals surface area contributed by atoms with Crippen LogP contribution < -0.4 is 4.74 Å². The van der Waals surface area contributed by atoms with E-state index in [-0.39, 0.29) is 23.0 Å². The Balaban J connectivity index is 1.80. The SMILES string of the molecule is C=CCOCC1CCN(C(=O)CCS(=O)(=O)c2ccc(OC)cc2)CC1. The summed E-state index contributed by atoms with van der Waals surface area (Å²) < 4.78 is 35.3. The van der Waals surface area contributed by atoms with Crippen LogP contribution in [0.25, 0.3) is 0 Å². The fourth-order valence-corrected chi connectivity index (χ4v) is 4.18. The first kappa shape index (κ1) is 20.5. The van der Waals surface area contributed by atoms with E-state index in [1.54, 1.807) is 23.1 Å². The second-order valence-corrected chi connectivity index (χ2v) is 8.50. The molecule has 7 heteroatoms. The van der Waals surface area contributed by atoms with Gasteiger partial charge in [0, 0.05) is 26.1 Å². The smallest absolute Gasteiger partial charge is 0.223 e. The normalized spacial score (nSPS) is 15.7. The molecule has 1 aromatic carbocycles. The van der Waals surface area contributed by atoms with E-state index in [2.05, 4.69) is 6.58 Å². The summed E-state index contributed by atoms with van der Waals surface area (Å²) in [5.41, 5.74) is 0. The number of benzene rings is 1. The second-order valence-electron chi connectivity index (χ2n) is 6.39. The van der Waals surface area contributed by atoms with Crippen molar-refractivity contribution in [3.05, 3.63) is 36.9 Å². The van der Waals surface area contributed by atoms with Crippen LogP contribution in [-0.4, -0.2) is 58.4 Å². The van der Waals surface area contributed by atoms with Crippen LogP contribution in [0.3, 0.4) is 0 Å². The molecule has 0 spiro atoms. The van der Waals surface area contributed by atoms with Crippen LogP contribution in [0.15, 0.2) is 41.8 Å². The number of amides is 1. The predicted molar refractivity (Wildman–Crippen MR) is 100.0 cm³/mol. The van der Waals surface area contributed by atoms with Gasteiger partial charge >= 0.3 is 0 Å². The van der Waals surface area contributed by atoms with Crippen LogP contribution in [0.4, 0.5) is 0 Å². The van der Waals surface area contributed by atoms with Gasteiger partial charge in [0.1, 0.15) is 5.75 Å². The van der Waals surface area contributed by atoms with Crippen molar-refractivity contribution in [1.82, 2.24) is 4.90 Å². The average molecular weight is 381 g/mol. The maximum absolute atomic E-state index is 12.4. The van der Waals surface area contributed by atoms with Crippen molar-refractivity contribution in [3.8, 4) is 5.75 Å². The first-order valence-electron chi connectivity index (χ1n) is 8.79. The zero-order valence-corrected chi connectivity index (χ0v) is 16.0. The third-order valence-corrected chi connectivity index (χ3v) is 6.29. The number of carbonyl (C=O) groups excluding carboxylic acids is 1. The summed E-state index contributed by atoms with van der Waals surface area (Å²) in [5, 5.41) is 0. The lowest BCUT2D eigenvalue weighted by Gasteiger charge is -2.31. The van der Waals surface area contributed by atoms with Gasteiger partial charge in [0.05, 0.1) is 24.4 Å². The highest BCUT2D eigenvalue weighted by Crippen LogP contribution is 2.20. The summed E-state index contributed by atoms with van der Waals surface area (Å²) in [6, 6.07) is 6.22. The second kappa shape index (κ2) is 9.73. The number of hydrogen-bond donors (Lipinski definition) is 0. The number of methoxy groups -OCH3 is 1. The summed E-state index contributed by atoms with van der Waals surface area (Å²) >= 11 is 0. The molecule has 0 atom stereocenters. The van der Waals surface area contributed by atoms with Gasteiger partial charge in [0.15, 0.2) is 9.84 Å². The van der Waals surface area contributed by atoms with Gasteiger partial charge in [-0.1, -0.05) is 6.08 Å². The van der Waals surface area contributed by atoms with Crippen LogP contribution in [0.1, 0.15) is 19.3 Å². The van der Waals surface area contributed by atoms with E-state index in [4.69, 9.17) is 9.47 Å². The molecular formula is C19H27NO5S. The lowest BCUT2D eigenvalue weighted by Crippen LogP contribution is -2.40. The van der Waals surface area contributed by atoms with Crippen molar-refractivity contribution >= 4 is 15.7 Å². The molecule has 26 heavy (non-hydrogen) atoms. The molecule has 0 aromatic heterocycles. The number of nitrogens with zero attached hydrogens (tertiary/aromatic N) is 1. The van der Waals surface area contributed by atoms with Crippen molar-refractivity contribution in [1.29, 1.82) is 0 Å². The third-order valence-electron chi connectivity index (χ3n) is 4.56. The summed E-state index contributed by atoms with van der Waals surface area (Å²) in [6.07, 6.45) is 3.50. The van der Waals surface area contributed by atoms with Crippen LogP contribution in [0.5, 0.6) is 5.75 Å². The lowest BCUT2D eigenvalue weighted by molar-refractivity contribution is -0.132. The Morgan fingerprint density at radius 1 is 1.27 bits per heavy atom. The number of sulfone groups is 1. The number of likely N-dealkylation sites (tertiary alicyclic amines) is 1. The number of hydrogen-bond acceptors (Lipinski definition) is 5. The van der Waals surface area contributed by atoms with Crippen LogP contribution in [0.2, 0.25) is 0 Å². The lowest BCUT2D eigenvalue weighted by atomic mass is 9.97. The Labute approximate surface area is 155 Å². The number of rotatable bonds is 9. The van der Waals surface area contributed by atoms with E-state index in [1.165, 1.54) is 19.2 Å². The zero-order chi connectivity index (χ0) is 19.0. The molecule has 1 aliphatic heterocycles. The minimum absolute atomic E-state index is 0.00595. The van der Waals surface area contributed by atoms with Crippen LogP contribution in [0, 0.1) is 5.92 Å². The predicted octanol–water partition coefficient (Wildman–Crippen LogP) is 2.30. The fourth-order valence-electron chi connectivity index (χ4n) is 2.95. The van der Waals surface area contributed by atoms with E-state index in [1.807, 2.05) is 0 Å². The molecular weight excluding hydrogens is 354 g/mol. The molecule has 0 radical (unpaired) electrons. The van der Waals surface area contributed by atoms with Gasteiger partial charge in [-0.05, 0) is 43.0 Å². The molecule has 0 unspecified atom stereocenters. The summed E-state index contributed by atoms with van der Waals surface area (Å²) in [5.74, 6) is 0.759. The van der Waals surface area contributed by atoms with Crippen molar-refractivity contribution in [3.63, 3.8) is 0 Å². The van der Waals surface area contributed by atoms with Gasteiger partial charge in [-0.3, -0.25) is 4.79 Å². The molecule has 0 bridgehead atoms. The summed E-state index contributed by atoms with van der Waals surface area (Å²) in [4.78, 5) is 14.3. The van der Waals surface area contributed by atoms with Crippen molar-refractivity contribution in [2.75, 3.05) is 39.2 Å². The highest BCUT2D eigenvalue weighted by molar-refractivity contribution is 7.91. The van der Waals surface area contributed by atoms with E-state index >= 15 is 0 Å². The van der Waals surface area contributed by atoms with E-state index in [0.717, 1.165) is 12.8 Å². The Hall–Kier alpha value is -1.86. The Morgan fingerprint density at radius 2 is 1.92 bits per heavy atom. The molecule has 0 N–H and O–H groups in total. The third kappa shape index (κ3) is 5.85. The maximum atomic E-state index is 12.4. The van der Waals surface area contributed by atoms with Gasteiger partial charge in [-0.25, -0.2) is 8.42 Å². The molecule has 0 aliphatic carbocycles. The van der Waals surface area contributed by atoms with Crippen LogP contribution in [-0.2, 0) is 19.4 Å². The maximum Gasteiger partial charge on any atom is 0.223 e. The Kier molecular flexibility index (Phi) is 7.66. The van der Waals surface area contributed by atoms with E-state index in [0.29, 0.717) is 38.0 Å². The summed E-state index contributed by atoms with van der Waals surface area (Å²) in [7, 11) is -1.95. The van der Waals surface area contributed by atoms with E-state index in [9.17, 15) is 13.2 Å². The van der Waals surface area contributed by atoms with Crippen molar-refractivity contribution < 1.29 is 22.7 Å². The largest absolute Gasteiger partial charge is 0.497 e. The Morgan fingerprint density at radius 3 is 2.50 bits per heavy atom. The number of carbonyl (C=O) groups is 1. The average Bonchev–Trinajstić information content (AvgIpc) is 2.67. The first-order valence-corrected chi connectivity index (χ1v) is 10.4. The number of piperidine rings is 1. The Bertz CT molecular complexity index is 691. The number of ether oxygens (including phenoxy) is 2. The zero-order valence-electron chi connectivity index (χ0n) is 15.2. The molecule has 1 saturated heterocycles. The van der Waals surface area contributed by atoms with Gasteiger partial charge in [-0.15, -0.1) is 6.58 Å². The minimum atomic E-state index is -3.48. The fraction of sp³-hybridized carbons (Fsp3) is 0.526. The molecule has 2 rings (SSSR count). The monoisotopic (exact) mass is 381 g/mol. The molecule has 1 heterocycles. The van der Waals surface area contributed by atoms with E-state index < -0.39 is 9.84 Å². The van der Waals surface area contributed by atoms with Gasteiger partial charge in [0.2, 0.25) is 5.91 Å². The van der Waals surface area contributed by atoms with Crippen molar-refractivity contribution in [2.24, 2.45) is 5.92 Å². The summed E-state index contributed by atoms with van der Waals surface area (Å²) in [6.45, 7) is 6.15. The molecule has 6 nitrogen and oxygen atoms in total. The minimum Gasteiger partial charge on any atom is -0.497 e. The molecule has 1 amide bonds. The topological polar surface area (TPSA) is 72.9 Å². The highest BCUT2D eigenvalue weighted by Gasteiger charge is 2.24. The molecule has 1 aromatic rings. The van der Waals surface area contributed by atoms with Crippen LogP contribution >= 0.6 is 0 Å². The van der Waals surface area contributed by atoms with Crippen molar-refractivity contribution in [2.45, 2.75) is 24.2 Å².